The molecule has 3 heterocycles. The summed E-state index contributed by atoms with van der Waals surface area (Å²) in [4.78, 5) is 12.0. The van der Waals surface area contributed by atoms with E-state index in [1.807, 2.05) is 16.9 Å². The van der Waals surface area contributed by atoms with Crippen LogP contribution in [-0.2, 0) is 17.9 Å². The molecule has 1 aliphatic rings. The Labute approximate surface area is 143 Å². The molecule has 22 heavy (non-hydrogen) atoms. The van der Waals surface area contributed by atoms with E-state index in [2.05, 4.69) is 38.0 Å². The van der Waals surface area contributed by atoms with Crippen LogP contribution >= 0.6 is 33.9 Å². The molecule has 3 aromatic heterocycles. The summed E-state index contributed by atoms with van der Waals surface area (Å²) in [7, 11) is 0. The van der Waals surface area contributed by atoms with Crippen LogP contribution in [0.5, 0.6) is 0 Å². The van der Waals surface area contributed by atoms with Gasteiger partial charge in [0.25, 0.3) is 0 Å². The zero-order valence-electron chi connectivity index (χ0n) is 11.4. The topological polar surface area (TPSA) is 85.8 Å². The van der Waals surface area contributed by atoms with Crippen LogP contribution < -0.4 is 0 Å². The number of fused-ring (bicyclic) bond motifs is 1. The maximum atomic E-state index is 10.9. The molecule has 4 rings (SSSR count). The molecule has 0 atom stereocenters. The molecule has 0 aromatic carbocycles. The van der Waals surface area contributed by atoms with E-state index in [4.69, 9.17) is 5.11 Å². The number of carboxylic acid groups (broad SMARTS) is 1. The molecule has 0 aliphatic heterocycles. The van der Waals surface area contributed by atoms with E-state index in [-0.39, 0.29) is 6.54 Å². The van der Waals surface area contributed by atoms with Gasteiger partial charge in [-0.25, -0.2) is 4.68 Å². The lowest BCUT2D eigenvalue weighted by Gasteiger charge is -1.97. The fourth-order valence-corrected chi connectivity index (χ4v) is 4.31. The Morgan fingerprint density at radius 3 is 3.05 bits per heavy atom. The molecule has 0 bridgehead atoms. The van der Waals surface area contributed by atoms with Crippen molar-refractivity contribution in [3.05, 3.63) is 26.5 Å². The van der Waals surface area contributed by atoms with Gasteiger partial charge < -0.3 is 5.11 Å². The van der Waals surface area contributed by atoms with Crippen LogP contribution in [0.4, 0.5) is 0 Å². The SMILES string of the molecule is O=C(O)Cn1nc(I)c2sc(Cn3cc(C4CC4)nn3)cc21. The third-order valence-electron chi connectivity index (χ3n) is 3.59. The van der Waals surface area contributed by atoms with E-state index in [1.165, 1.54) is 17.5 Å². The fourth-order valence-electron chi connectivity index (χ4n) is 2.42. The van der Waals surface area contributed by atoms with Gasteiger partial charge in [0.2, 0.25) is 0 Å². The zero-order chi connectivity index (χ0) is 15.3. The minimum absolute atomic E-state index is 0.120. The molecule has 1 aliphatic carbocycles. The normalized spacial score (nSPS) is 14.8. The maximum Gasteiger partial charge on any atom is 0.325 e. The predicted octanol–water partition coefficient (Wildman–Crippen LogP) is 2.30. The van der Waals surface area contributed by atoms with Gasteiger partial charge in [-0.05, 0) is 41.5 Å². The van der Waals surface area contributed by atoms with Gasteiger partial charge in [0, 0.05) is 17.0 Å². The molecule has 114 valence electrons. The van der Waals surface area contributed by atoms with Crippen LogP contribution in [0.1, 0.15) is 29.3 Å². The molecule has 0 spiro atoms. The van der Waals surface area contributed by atoms with E-state index >= 15 is 0 Å². The van der Waals surface area contributed by atoms with E-state index in [0.29, 0.717) is 12.5 Å². The van der Waals surface area contributed by atoms with Crippen molar-refractivity contribution in [3.63, 3.8) is 0 Å². The van der Waals surface area contributed by atoms with Gasteiger partial charge in [0.15, 0.2) is 0 Å². The molecule has 1 N–H and O–H groups in total. The van der Waals surface area contributed by atoms with Crippen molar-refractivity contribution in [2.75, 3.05) is 0 Å². The Balaban J connectivity index is 1.62. The first-order valence-electron chi connectivity index (χ1n) is 6.86. The Morgan fingerprint density at radius 2 is 2.32 bits per heavy atom. The van der Waals surface area contributed by atoms with Crippen LogP contribution in [-0.4, -0.2) is 35.9 Å². The van der Waals surface area contributed by atoms with Gasteiger partial charge in [-0.2, -0.15) is 5.10 Å². The molecule has 9 heteroatoms. The first kappa shape index (κ1) is 14.1. The minimum Gasteiger partial charge on any atom is -0.480 e. The number of aliphatic carboxylic acids is 1. The smallest absolute Gasteiger partial charge is 0.325 e. The highest BCUT2D eigenvalue weighted by atomic mass is 127. The summed E-state index contributed by atoms with van der Waals surface area (Å²) >= 11 is 3.77. The molecule has 0 amide bonds. The molecule has 0 radical (unpaired) electrons. The molecule has 1 fully saturated rings. The summed E-state index contributed by atoms with van der Waals surface area (Å²) in [5, 5.41) is 21.6. The number of halogens is 1. The molecular weight excluding hydrogens is 417 g/mol. The second-order valence-electron chi connectivity index (χ2n) is 5.38. The van der Waals surface area contributed by atoms with Crippen LogP contribution in [0, 0.1) is 3.70 Å². The molecule has 1 saturated carbocycles. The number of carboxylic acids is 1. The molecule has 0 saturated heterocycles. The van der Waals surface area contributed by atoms with E-state index in [9.17, 15) is 4.79 Å². The standard InChI is InChI=1S/C13H12IN5O2S/c14-13-12-10(19(16-13)6-11(20)21)3-8(22-12)4-18-5-9(15-17-18)7-1-2-7/h3,5,7H,1-2,4,6H2,(H,20,21). The number of thiophene rings is 1. The summed E-state index contributed by atoms with van der Waals surface area (Å²) in [5.74, 6) is -0.292. The molecule has 0 unspecified atom stereocenters. The van der Waals surface area contributed by atoms with Crippen molar-refractivity contribution in [3.8, 4) is 0 Å². The lowest BCUT2D eigenvalue weighted by atomic mass is 10.3. The number of hydrogen-bond donors (Lipinski definition) is 1. The van der Waals surface area contributed by atoms with Gasteiger partial charge in [-0.1, -0.05) is 5.21 Å². The number of nitrogens with zero attached hydrogens (tertiary/aromatic N) is 5. The van der Waals surface area contributed by atoms with Gasteiger partial charge in [0.1, 0.15) is 10.2 Å². The highest BCUT2D eigenvalue weighted by Gasteiger charge is 2.26. The van der Waals surface area contributed by atoms with Gasteiger partial charge >= 0.3 is 5.97 Å². The third-order valence-corrected chi connectivity index (χ3v) is 5.83. The van der Waals surface area contributed by atoms with E-state index in [0.717, 1.165) is 24.5 Å². The van der Waals surface area contributed by atoms with Crippen LogP contribution in [0.3, 0.4) is 0 Å². The lowest BCUT2D eigenvalue weighted by molar-refractivity contribution is -0.137. The van der Waals surface area contributed by atoms with Gasteiger partial charge in [-0.3, -0.25) is 9.48 Å². The summed E-state index contributed by atoms with van der Waals surface area (Å²) in [6, 6.07) is 2.00. The summed E-state index contributed by atoms with van der Waals surface area (Å²) in [5.41, 5.74) is 1.95. The summed E-state index contributed by atoms with van der Waals surface area (Å²) < 4.78 is 5.25. The third kappa shape index (κ3) is 2.62. The van der Waals surface area contributed by atoms with Crippen molar-refractivity contribution in [1.82, 2.24) is 24.8 Å². The van der Waals surface area contributed by atoms with Crippen molar-refractivity contribution >= 4 is 50.1 Å². The quantitative estimate of drug-likeness (QED) is 0.630. The molecule has 3 aromatic rings. The number of aromatic nitrogens is 5. The Kier molecular flexibility index (Phi) is 3.40. The second-order valence-corrected chi connectivity index (χ2v) is 7.54. The van der Waals surface area contributed by atoms with E-state index < -0.39 is 5.97 Å². The second kappa shape index (κ2) is 5.30. The highest BCUT2D eigenvalue weighted by Crippen LogP contribution is 2.38. The monoisotopic (exact) mass is 429 g/mol. The summed E-state index contributed by atoms with van der Waals surface area (Å²) in [6.45, 7) is 0.535. The van der Waals surface area contributed by atoms with Crippen LogP contribution in [0.15, 0.2) is 12.3 Å². The van der Waals surface area contributed by atoms with Crippen molar-refractivity contribution in [2.24, 2.45) is 0 Å². The highest BCUT2D eigenvalue weighted by molar-refractivity contribution is 14.1. The predicted molar refractivity (Wildman–Crippen MR) is 89.1 cm³/mol. The van der Waals surface area contributed by atoms with Crippen molar-refractivity contribution < 1.29 is 9.90 Å². The molecular formula is C13H12IN5O2S. The Hall–Kier alpha value is -1.49. The van der Waals surface area contributed by atoms with Gasteiger partial charge in [-0.15, -0.1) is 16.4 Å². The fraction of sp³-hybridized carbons (Fsp3) is 0.385. The van der Waals surface area contributed by atoms with Crippen molar-refractivity contribution in [1.29, 1.82) is 0 Å². The number of rotatable bonds is 5. The molecule has 7 nitrogen and oxygen atoms in total. The number of carbonyl (C=O) groups is 1. The average molecular weight is 429 g/mol. The zero-order valence-corrected chi connectivity index (χ0v) is 14.4. The first-order chi connectivity index (χ1) is 10.6. The largest absolute Gasteiger partial charge is 0.480 e. The summed E-state index contributed by atoms with van der Waals surface area (Å²) in [6.07, 6.45) is 4.44. The van der Waals surface area contributed by atoms with Crippen LogP contribution in [0.2, 0.25) is 0 Å². The average Bonchev–Trinajstić information content (AvgIpc) is 2.95. The van der Waals surface area contributed by atoms with E-state index in [1.54, 1.807) is 11.3 Å². The Morgan fingerprint density at radius 1 is 1.50 bits per heavy atom. The lowest BCUT2D eigenvalue weighted by Crippen LogP contribution is -2.09. The number of hydrogen-bond acceptors (Lipinski definition) is 5. The minimum atomic E-state index is -0.890. The van der Waals surface area contributed by atoms with Gasteiger partial charge in [0.05, 0.1) is 22.5 Å². The van der Waals surface area contributed by atoms with Crippen molar-refractivity contribution in [2.45, 2.75) is 31.8 Å². The first-order valence-corrected chi connectivity index (χ1v) is 8.76. The Bertz CT molecular complexity index is 863. The maximum absolute atomic E-state index is 10.9. The van der Waals surface area contributed by atoms with Crippen LogP contribution in [0.25, 0.3) is 10.2 Å².